The molecule has 1 aliphatic heterocycles. The fourth-order valence-electron chi connectivity index (χ4n) is 4.06. The number of nitrogens with zero attached hydrogens (tertiary/aromatic N) is 1. The minimum absolute atomic E-state index is 0.0990. The summed E-state index contributed by atoms with van der Waals surface area (Å²) in [4.78, 5) is 28.3. The van der Waals surface area contributed by atoms with Gasteiger partial charge in [0.1, 0.15) is 0 Å². The van der Waals surface area contributed by atoms with Crippen molar-refractivity contribution in [3.63, 3.8) is 0 Å². The molecule has 2 amide bonds. The van der Waals surface area contributed by atoms with Gasteiger partial charge in [-0.15, -0.1) is 11.3 Å². The van der Waals surface area contributed by atoms with Gasteiger partial charge in [0.25, 0.3) is 11.8 Å². The van der Waals surface area contributed by atoms with E-state index in [-0.39, 0.29) is 18.4 Å². The minimum Gasteiger partial charge on any atom is -0.395 e. The summed E-state index contributed by atoms with van der Waals surface area (Å²) in [5.74, 6) is -0.291. The Morgan fingerprint density at radius 2 is 2.00 bits per heavy atom. The van der Waals surface area contributed by atoms with Crippen LogP contribution in [0, 0.1) is 0 Å². The van der Waals surface area contributed by atoms with Crippen molar-refractivity contribution in [2.45, 2.75) is 49.1 Å². The molecule has 1 aromatic heterocycles. The molecule has 172 valence electrons. The van der Waals surface area contributed by atoms with E-state index in [1.807, 2.05) is 12.1 Å². The Hall–Kier alpha value is -1.74. The first-order valence-electron chi connectivity index (χ1n) is 10.6. The molecule has 1 saturated carbocycles. The number of hydrogen-bond donors (Lipinski definition) is 2. The monoisotopic (exact) mass is 494 g/mol. The van der Waals surface area contributed by atoms with Crippen LogP contribution >= 0.6 is 22.9 Å². The van der Waals surface area contributed by atoms with Gasteiger partial charge in [-0.3, -0.25) is 13.8 Å². The highest BCUT2D eigenvalue weighted by Crippen LogP contribution is 2.47. The minimum atomic E-state index is -1.24. The van der Waals surface area contributed by atoms with Crippen LogP contribution in [-0.2, 0) is 23.8 Å². The first kappa shape index (κ1) is 23.4. The number of thiophene rings is 1. The van der Waals surface area contributed by atoms with Gasteiger partial charge >= 0.3 is 0 Å². The predicted molar refractivity (Wildman–Crippen MR) is 128 cm³/mol. The SMILES string of the molecule is CC(C)(CO)S(=O)C1(CN2CCc3c(C(=O)NCc4ccc(Cl)cc4)csc3C2=O)CC1. The molecule has 32 heavy (non-hydrogen) atoms. The number of nitrogens with one attached hydrogen (secondary N) is 1. The van der Waals surface area contributed by atoms with E-state index in [9.17, 15) is 18.9 Å². The fraction of sp³-hybridized carbons (Fsp3) is 0.478. The van der Waals surface area contributed by atoms with Crippen LogP contribution in [0.1, 0.15) is 57.8 Å². The maximum absolute atomic E-state index is 13.2. The number of halogens is 1. The van der Waals surface area contributed by atoms with Crippen molar-refractivity contribution >= 4 is 45.6 Å². The summed E-state index contributed by atoms with van der Waals surface area (Å²) in [6.45, 7) is 4.76. The average Bonchev–Trinajstić information content (AvgIpc) is 3.43. The van der Waals surface area contributed by atoms with E-state index in [4.69, 9.17) is 11.6 Å². The number of benzene rings is 1. The van der Waals surface area contributed by atoms with E-state index >= 15 is 0 Å². The zero-order valence-electron chi connectivity index (χ0n) is 18.2. The second-order valence-corrected chi connectivity index (χ2v) is 12.9. The molecule has 0 radical (unpaired) electrons. The van der Waals surface area contributed by atoms with Gasteiger partial charge in [0.2, 0.25) is 0 Å². The lowest BCUT2D eigenvalue weighted by atomic mass is 10.0. The number of hydrogen-bond acceptors (Lipinski definition) is 5. The maximum Gasteiger partial charge on any atom is 0.264 e. The molecule has 9 heteroatoms. The molecule has 6 nitrogen and oxygen atoms in total. The quantitative estimate of drug-likeness (QED) is 0.589. The second-order valence-electron chi connectivity index (χ2n) is 9.11. The molecule has 0 bridgehead atoms. The van der Waals surface area contributed by atoms with Crippen LogP contribution in [-0.4, -0.2) is 55.2 Å². The third-order valence-electron chi connectivity index (χ3n) is 6.18. The lowest BCUT2D eigenvalue weighted by molar-refractivity contribution is 0.0742. The third kappa shape index (κ3) is 4.51. The maximum atomic E-state index is 13.2. The number of aliphatic hydroxyl groups excluding tert-OH is 1. The molecule has 0 saturated heterocycles. The Balaban J connectivity index is 1.43. The van der Waals surface area contributed by atoms with Crippen molar-refractivity contribution < 1.29 is 18.9 Å². The first-order chi connectivity index (χ1) is 15.2. The molecule has 1 unspecified atom stereocenters. The lowest BCUT2D eigenvalue weighted by Crippen LogP contribution is -2.48. The van der Waals surface area contributed by atoms with Gasteiger partial charge in [-0.25, -0.2) is 0 Å². The molecule has 2 N–H and O–H groups in total. The highest BCUT2D eigenvalue weighted by Gasteiger charge is 2.54. The number of carbonyl (C=O) groups is 2. The molecule has 2 heterocycles. The molecule has 2 aromatic rings. The van der Waals surface area contributed by atoms with Crippen LogP contribution in [0.4, 0.5) is 0 Å². The van der Waals surface area contributed by atoms with Gasteiger partial charge in [-0.05, 0) is 56.4 Å². The zero-order valence-corrected chi connectivity index (χ0v) is 20.5. The largest absolute Gasteiger partial charge is 0.395 e. The number of carbonyl (C=O) groups excluding carboxylic acids is 2. The van der Waals surface area contributed by atoms with Gasteiger partial charge in [0.15, 0.2) is 0 Å². The van der Waals surface area contributed by atoms with Crippen molar-refractivity contribution in [3.05, 3.63) is 56.2 Å². The zero-order chi connectivity index (χ0) is 23.1. The van der Waals surface area contributed by atoms with Crippen molar-refractivity contribution in [1.82, 2.24) is 10.2 Å². The van der Waals surface area contributed by atoms with Crippen LogP contribution in [0.15, 0.2) is 29.6 Å². The van der Waals surface area contributed by atoms with Crippen LogP contribution in [0.3, 0.4) is 0 Å². The van der Waals surface area contributed by atoms with E-state index in [1.54, 1.807) is 36.3 Å². The second kappa shape index (κ2) is 8.89. The highest BCUT2D eigenvalue weighted by atomic mass is 35.5. The van der Waals surface area contributed by atoms with Crippen molar-refractivity contribution in [1.29, 1.82) is 0 Å². The number of fused-ring (bicyclic) bond motifs is 1. The number of amides is 2. The van der Waals surface area contributed by atoms with E-state index in [1.165, 1.54) is 11.3 Å². The van der Waals surface area contributed by atoms with E-state index in [0.717, 1.165) is 24.0 Å². The summed E-state index contributed by atoms with van der Waals surface area (Å²) in [6.07, 6.45) is 2.19. The Morgan fingerprint density at radius 1 is 1.31 bits per heavy atom. The lowest BCUT2D eigenvalue weighted by Gasteiger charge is -2.34. The summed E-state index contributed by atoms with van der Waals surface area (Å²) in [5.41, 5.74) is 2.30. The highest BCUT2D eigenvalue weighted by molar-refractivity contribution is 7.88. The van der Waals surface area contributed by atoms with Crippen LogP contribution in [0.2, 0.25) is 5.02 Å². The van der Waals surface area contributed by atoms with Crippen LogP contribution in [0.5, 0.6) is 0 Å². The summed E-state index contributed by atoms with van der Waals surface area (Å²) >= 11 is 7.20. The summed E-state index contributed by atoms with van der Waals surface area (Å²) in [7, 11) is -1.24. The van der Waals surface area contributed by atoms with Gasteiger partial charge in [0.05, 0.1) is 26.5 Å². The fourth-order valence-corrected chi connectivity index (χ4v) is 7.29. The van der Waals surface area contributed by atoms with Crippen molar-refractivity contribution in [3.8, 4) is 0 Å². The molecule has 1 fully saturated rings. The topological polar surface area (TPSA) is 86.7 Å². The Morgan fingerprint density at radius 3 is 2.62 bits per heavy atom. The molecule has 1 aromatic carbocycles. The van der Waals surface area contributed by atoms with Crippen LogP contribution in [0.25, 0.3) is 0 Å². The van der Waals surface area contributed by atoms with Gasteiger partial charge in [0, 0.05) is 40.8 Å². The summed E-state index contributed by atoms with van der Waals surface area (Å²) in [6, 6.07) is 7.29. The molecule has 4 rings (SSSR count). The molecule has 1 aliphatic carbocycles. The Labute approximate surface area is 199 Å². The molecule has 2 aliphatic rings. The number of aliphatic hydroxyl groups is 1. The molecular weight excluding hydrogens is 468 g/mol. The smallest absolute Gasteiger partial charge is 0.264 e. The van der Waals surface area contributed by atoms with Crippen molar-refractivity contribution in [2.24, 2.45) is 0 Å². The molecule has 0 spiro atoms. The summed E-state index contributed by atoms with van der Waals surface area (Å²) < 4.78 is 11.9. The van der Waals surface area contributed by atoms with Crippen molar-refractivity contribution in [2.75, 3.05) is 19.7 Å². The standard InChI is InChI=1S/C23H27ClN2O4S2/c1-22(2,14-27)32(30)23(8-9-23)13-26-10-7-17-18(12-31-19(17)21(26)29)20(28)25-11-15-3-5-16(24)6-4-15/h3-6,12,27H,7-11,13-14H2,1-2H3,(H,25,28). The summed E-state index contributed by atoms with van der Waals surface area (Å²) in [5, 5.41) is 14.9. The van der Waals surface area contributed by atoms with Gasteiger partial charge < -0.3 is 15.3 Å². The van der Waals surface area contributed by atoms with E-state index < -0.39 is 20.3 Å². The molecular formula is C23H27ClN2O4S2. The van der Waals surface area contributed by atoms with E-state index in [2.05, 4.69) is 5.32 Å². The van der Waals surface area contributed by atoms with Gasteiger partial charge in [-0.1, -0.05) is 23.7 Å². The van der Waals surface area contributed by atoms with Crippen LogP contribution < -0.4 is 5.32 Å². The Bertz CT molecular complexity index is 1060. The van der Waals surface area contributed by atoms with E-state index in [0.29, 0.717) is 41.5 Å². The normalized spacial score (nSPS) is 18.2. The average molecular weight is 495 g/mol. The third-order valence-corrected chi connectivity index (χ3v) is 9.90. The first-order valence-corrected chi connectivity index (χ1v) is 13.0. The van der Waals surface area contributed by atoms with Gasteiger partial charge in [-0.2, -0.15) is 0 Å². The predicted octanol–water partition coefficient (Wildman–Crippen LogP) is 3.38. The Kier molecular flexibility index (Phi) is 6.51. The molecule has 1 atom stereocenters. The number of rotatable bonds is 8.